The molecule has 0 amide bonds. The van der Waals surface area contributed by atoms with Crippen LogP contribution in [0.2, 0.25) is 5.02 Å². The second-order valence-corrected chi connectivity index (χ2v) is 7.43. The van der Waals surface area contributed by atoms with E-state index in [9.17, 15) is 4.79 Å². The Morgan fingerprint density at radius 2 is 2.12 bits per heavy atom. The molecule has 128 valence electrons. The molecular weight excluding hydrogens is 346 g/mol. The highest BCUT2D eigenvalue weighted by Gasteiger charge is 2.34. The van der Waals surface area contributed by atoms with Gasteiger partial charge in [0.15, 0.2) is 5.13 Å². The number of halogens is 1. The van der Waals surface area contributed by atoms with Gasteiger partial charge in [-0.3, -0.25) is 9.69 Å². The number of anilines is 1. The van der Waals surface area contributed by atoms with E-state index in [0.29, 0.717) is 12.1 Å². The van der Waals surface area contributed by atoms with Gasteiger partial charge < -0.3 is 10.4 Å². The van der Waals surface area contributed by atoms with Crippen molar-refractivity contribution in [3.8, 4) is 10.4 Å². The lowest BCUT2D eigenvalue weighted by Crippen LogP contribution is -2.51. The molecule has 1 aromatic heterocycles. The van der Waals surface area contributed by atoms with Crippen LogP contribution in [0.3, 0.4) is 0 Å². The van der Waals surface area contributed by atoms with Crippen molar-refractivity contribution < 1.29 is 9.90 Å². The van der Waals surface area contributed by atoms with Crippen LogP contribution in [0.5, 0.6) is 0 Å². The first-order chi connectivity index (χ1) is 11.5. The highest BCUT2D eigenvalue weighted by molar-refractivity contribution is 7.18. The van der Waals surface area contributed by atoms with Crippen molar-refractivity contribution in [1.82, 2.24) is 9.88 Å². The first-order valence-electron chi connectivity index (χ1n) is 7.99. The van der Waals surface area contributed by atoms with Crippen molar-refractivity contribution in [1.29, 1.82) is 0 Å². The molecule has 24 heavy (non-hydrogen) atoms. The van der Waals surface area contributed by atoms with Crippen molar-refractivity contribution in [2.75, 3.05) is 18.4 Å². The van der Waals surface area contributed by atoms with Gasteiger partial charge in [-0.1, -0.05) is 42.0 Å². The maximum Gasteiger partial charge on any atom is 0.317 e. The van der Waals surface area contributed by atoms with E-state index in [1.54, 1.807) is 11.3 Å². The van der Waals surface area contributed by atoms with Crippen LogP contribution in [0.4, 0.5) is 5.13 Å². The number of carboxylic acids is 1. The number of aliphatic carboxylic acids is 1. The maximum atomic E-state index is 10.9. The summed E-state index contributed by atoms with van der Waals surface area (Å²) in [6.07, 6.45) is 3.78. The van der Waals surface area contributed by atoms with Crippen LogP contribution in [0.15, 0.2) is 30.5 Å². The predicted molar refractivity (Wildman–Crippen MR) is 97.9 cm³/mol. The number of hydrogen-bond donors (Lipinski definition) is 2. The SMILES string of the molecule is CCN(CC(=O)O)C1CC(Nc2ncc(-c3ccc(Cl)cc3)s2)C1. The Kier molecular flexibility index (Phi) is 5.38. The van der Waals surface area contributed by atoms with E-state index in [2.05, 4.69) is 10.3 Å². The van der Waals surface area contributed by atoms with Crippen LogP contribution in [-0.2, 0) is 4.79 Å². The zero-order chi connectivity index (χ0) is 17.1. The van der Waals surface area contributed by atoms with Crippen molar-refractivity contribution in [2.24, 2.45) is 0 Å². The Bertz CT molecular complexity index is 698. The van der Waals surface area contributed by atoms with E-state index in [1.807, 2.05) is 42.3 Å². The number of likely N-dealkylation sites (N-methyl/N-ethyl adjacent to an activating group) is 1. The molecule has 1 saturated carbocycles. The van der Waals surface area contributed by atoms with Gasteiger partial charge in [0, 0.05) is 23.3 Å². The molecule has 1 aliphatic carbocycles. The van der Waals surface area contributed by atoms with Crippen molar-refractivity contribution in [3.63, 3.8) is 0 Å². The lowest BCUT2D eigenvalue weighted by molar-refractivity contribution is -0.139. The number of nitrogens with one attached hydrogen (secondary N) is 1. The van der Waals surface area contributed by atoms with Crippen LogP contribution in [-0.4, -0.2) is 46.1 Å². The molecule has 0 unspecified atom stereocenters. The number of rotatable bonds is 7. The monoisotopic (exact) mass is 365 g/mol. The third kappa shape index (κ3) is 4.06. The zero-order valence-electron chi connectivity index (χ0n) is 13.4. The van der Waals surface area contributed by atoms with Crippen LogP contribution < -0.4 is 5.32 Å². The summed E-state index contributed by atoms with van der Waals surface area (Å²) in [4.78, 5) is 18.4. The number of aromatic nitrogens is 1. The maximum absolute atomic E-state index is 10.9. The summed E-state index contributed by atoms with van der Waals surface area (Å²) < 4.78 is 0. The third-order valence-corrected chi connectivity index (χ3v) is 5.57. The van der Waals surface area contributed by atoms with E-state index >= 15 is 0 Å². The van der Waals surface area contributed by atoms with Crippen molar-refractivity contribution >= 4 is 34.0 Å². The highest BCUT2D eigenvalue weighted by Crippen LogP contribution is 2.33. The smallest absolute Gasteiger partial charge is 0.317 e. The lowest BCUT2D eigenvalue weighted by atomic mass is 9.85. The molecular formula is C17H20ClN3O2S. The van der Waals surface area contributed by atoms with Gasteiger partial charge in [0.2, 0.25) is 0 Å². The van der Waals surface area contributed by atoms with Crippen molar-refractivity contribution in [2.45, 2.75) is 31.8 Å². The van der Waals surface area contributed by atoms with Gasteiger partial charge in [-0.15, -0.1) is 0 Å². The Morgan fingerprint density at radius 1 is 1.42 bits per heavy atom. The van der Waals surface area contributed by atoms with E-state index in [-0.39, 0.29) is 6.54 Å². The highest BCUT2D eigenvalue weighted by atomic mass is 35.5. The summed E-state index contributed by atoms with van der Waals surface area (Å²) in [6.45, 7) is 2.89. The van der Waals surface area contributed by atoms with Gasteiger partial charge in [-0.25, -0.2) is 4.98 Å². The normalized spacial score (nSPS) is 20.0. The molecule has 1 fully saturated rings. The van der Waals surface area contributed by atoms with Gasteiger partial charge in [0.1, 0.15) is 0 Å². The zero-order valence-corrected chi connectivity index (χ0v) is 15.0. The van der Waals surface area contributed by atoms with E-state index in [4.69, 9.17) is 16.7 Å². The molecule has 1 heterocycles. The van der Waals surface area contributed by atoms with Crippen LogP contribution >= 0.6 is 22.9 Å². The summed E-state index contributed by atoms with van der Waals surface area (Å²) in [7, 11) is 0. The van der Waals surface area contributed by atoms with Gasteiger partial charge in [0.05, 0.1) is 11.4 Å². The first kappa shape index (κ1) is 17.2. The Hall–Kier alpha value is -1.63. The molecule has 3 rings (SSSR count). The van der Waals surface area contributed by atoms with Crippen LogP contribution in [0.1, 0.15) is 19.8 Å². The number of hydrogen-bond acceptors (Lipinski definition) is 5. The molecule has 2 N–H and O–H groups in total. The summed E-state index contributed by atoms with van der Waals surface area (Å²) in [5, 5.41) is 14.0. The number of carboxylic acid groups (broad SMARTS) is 1. The molecule has 0 aliphatic heterocycles. The quantitative estimate of drug-likeness (QED) is 0.781. The number of benzene rings is 1. The topological polar surface area (TPSA) is 65.5 Å². The van der Waals surface area contributed by atoms with Gasteiger partial charge in [0.25, 0.3) is 0 Å². The largest absolute Gasteiger partial charge is 0.480 e. The minimum atomic E-state index is -0.763. The average Bonchev–Trinajstić information content (AvgIpc) is 2.97. The van der Waals surface area contributed by atoms with E-state index < -0.39 is 5.97 Å². The molecule has 0 atom stereocenters. The van der Waals surface area contributed by atoms with Crippen molar-refractivity contribution in [3.05, 3.63) is 35.5 Å². The molecule has 5 nitrogen and oxygen atoms in total. The lowest BCUT2D eigenvalue weighted by Gasteiger charge is -2.42. The summed E-state index contributed by atoms with van der Waals surface area (Å²) in [5.74, 6) is -0.763. The second kappa shape index (κ2) is 7.51. The molecule has 2 aromatic rings. The number of carbonyl (C=O) groups is 1. The predicted octanol–water partition coefficient (Wildman–Crippen LogP) is 3.81. The summed E-state index contributed by atoms with van der Waals surface area (Å²) >= 11 is 7.54. The number of thiazole rings is 1. The molecule has 0 bridgehead atoms. The Morgan fingerprint density at radius 3 is 2.75 bits per heavy atom. The molecule has 7 heteroatoms. The summed E-state index contributed by atoms with van der Waals surface area (Å²) in [5.41, 5.74) is 1.11. The van der Waals surface area contributed by atoms with Crippen LogP contribution in [0, 0.1) is 0 Å². The minimum absolute atomic E-state index is 0.117. The Balaban J connectivity index is 1.53. The fourth-order valence-electron chi connectivity index (χ4n) is 2.94. The fourth-order valence-corrected chi connectivity index (χ4v) is 3.96. The molecule has 1 aromatic carbocycles. The first-order valence-corrected chi connectivity index (χ1v) is 9.18. The fraction of sp³-hybridized carbons (Fsp3) is 0.412. The van der Waals surface area contributed by atoms with Crippen LogP contribution in [0.25, 0.3) is 10.4 Å². The summed E-state index contributed by atoms with van der Waals surface area (Å²) in [6, 6.07) is 8.44. The van der Waals surface area contributed by atoms with E-state index in [0.717, 1.165) is 40.0 Å². The molecule has 1 aliphatic rings. The molecule has 0 radical (unpaired) electrons. The third-order valence-electron chi connectivity index (χ3n) is 4.34. The number of nitrogens with zero attached hydrogens (tertiary/aromatic N) is 2. The molecule has 0 spiro atoms. The van der Waals surface area contributed by atoms with Gasteiger partial charge >= 0.3 is 5.97 Å². The second-order valence-electron chi connectivity index (χ2n) is 5.96. The Labute approximate surface area is 150 Å². The van der Waals surface area contributed by atoms with Gasteiger partial charge in [-0.05, 0) is 37.1 Å². The standard InChI is InChI=1S/C17H20ClN3O2S/c1-2-21(10-16(22)23)14-7-13(8-14)20-17-19-9-15(24-17)11-3-5-12(18)6-4-11/h3-6,9,13-14H,2,7-8,10H2,1H3,(H,19,20)(H,22,23). The molecule has 0 saturated heterocycles. The van der Waals surface area contributed by atoms with Gasteiger partial charge in [-0.2, -0.15) is 0 Å². The van der Waals surface area contributed by atoms with E-state index in [1.165, 1.54) is 0 Å². The minimum Gasteiger partial charge on any atom is -0.480 e. The average molecular weight is 366 g/mol.